The molecule has 10 nitrogen and oxygen atoms in total. The van der Waals surface area contributed by atoms with Crippen molar-refractivity contribution in [3.05, 3.63) is 80.5 Å². The summed E-state index contributed by atoms with van der Waals surface area (Å²) in [6, 6.07) is 12.0. The van der Waals surface area contributed by atoms with Crippen LogP contribution in [-0.4, -0.2) is 22.0 Å². The lowest BCUT2D eigenvalue weighted by Crippen LogP contribution is -2.44. The lowest BCUT2D eigenvalue weighted by molar-refractivity contribution is 0.0839. The maximum atomic E-state index is 12.3. The van der Waals surface area contributed by atoms with Crippen LogP contribution in [0.1, 0.15) is 20.7 Å². The van der Waals surface area contributed by atoms with E-state index in [0.717, 1.165) is 0 Å². The van der Waals surface area contributed by atoms with Gasteiger partial charge in [-0.1, -0.05) is 24.3 Å². The Morgan fingerprint density at radius 3 is 1.43 bits per heavy atom. The molecule has 150 valence electrons. The first-order chi connectivity index (χ1) is 14.4. The first-order valence-electron chi connectivity index (χ1n) is 8.48. The van der Waals surface area contributed by atoms with E-state index >= 15 is 0 Å². The summed E-state index contributed by atoms with van der Waals surface area (Å²) in [5, 5.41) is 20.7. The Morgan fingerprint density at radius 1 is 0.667 bits per heavy atom. The molecular formula is C20H12N2O8. The lowest BCUT2D eigenvalue weighted by Gasteiger charge is -2.10. The average molecular weight is 408 g/mol. The number of benzene rings is 2. The standard InChI is InChI=1S/C20H12N2O8/c23-15-9-5-1-3-7-11(9)29-19(27)13(15)17(25)21-22-18(26)14-16(24)10-6-2-4-8-12(10)30-20(14)28/h1-8,23-24H,(H,21,25)(H,22,26). The largest absolute Gasteiger partial charge is 0.506 e. The van der Waals surface area contributed by atoms with Gasteiger partial charge >= 0.3 is 11.3 Å². The van der Waals surface area contributed by atoms with Gasteiger partial charge in [-0.15, -0.1) is 0 Å². The Balaban J connectivity index is 1.63. The highest BCUT2D eigenvalue weighted by atomic mass is 16.4. The molecule has 0 aliphatic carbocycles. The highest BCUT2D eigenvalue weighted by Crippen LogP contribution is 2.27. The van der Waals surface area contributed by atoms with Gasteiger partial charge in [-0.25, -0.2) is 9.59 Å². The van der Waals surface area contributed by atoms with Crippen molar-refractivity contribution in [2.24, 2.45) is 0 Å². The van der Waals surface area contributed by atoms with Crippen LogP contribution in [0.15, 0.2) is 67.0 Å². The molecule has 2 amide bonds. The number of carbonyl (C=O) groups is 2. The van der Waals surface area contributed by atoms with Gasteiger partial charge < -0.3 is 19.0 Å². The van der Waals surface area contributed by atoms with Gasteiger partial charge in [-0.2, -0.15) is 0 Å². The van der Waals surface area contributed by atoms with Gasteiger partial charge in [0.05, 0.1) is 10.8 Å². The molecule has 2 aromatic heterocycles. The molecule has 0 radical (unpaired) electrons. The Kier molecular flexibility index (Phi) is 4.43. The SMILES string of the molecule is O=C(NNC(=O)c1c(O)c2ccccc2oc1=O)c1c(O)c2ccccc2oc1=O. The molecule has 30 heavy (non-hydrogen) atoms. The van der Waals surface area contributed by atoms with Crippen LogP contribution < -0.4 is 22.1 Å². The van der Waals surface area contributed by atoms with Crippen LogP contribution in [0.3, 0.4) is 0 Å². The smallest absolute Gasteiger partial charge is 0.353 e. The molecule has 0 aliphatic rings. The highest BCUT2D eigenvalue weighted by Gasteiger charge is 2.24. The minimum Gasteiger partial charge on any atom is -0.506 e. The molecule has 0 saturated carbocycles. The number of hydrogen-bond acceptors (Lipinski definition) is 8. The maximum absolute atomic E-state index is 12.3. The first kappa shape index (κ1) is 18.7. The van der Waals surface area contributed by atoms with Crippen LogP contribution in [0.2, 0.25) is 0 Å². The van der Waals surface area contributed by atoms with Crippen molar-refractivity contribution < 1.29 is 28.6 Å². The molecule has 0 unspecified atom stereocenters. The molecule has 0 atom stereocenters. The number of aromatic hydroxyl groups is 2. The third-order valence-electron chi connectivity index (χ3n) is 4.32. The first-order valence-corrected chi connectivity index (χ1v) is 8.48. The molecular weight excluding hydrogens is 396 g/mol. The molecule has 2 heterocycles. The van der Waals surface area contributed by atoms with E-state index in [9.17, 15) is 29.4 Å². The van der Waals surface area contributed by atoms with Crippen molar-refractivity contribution >= 4 is 33.8 Å². The zero-order valence-corrected chi connectivity index (χ0v) is 15.0. The van der Waals surface area contributed by atoms with E-state index in [1.165, 1.54) is 24.3 Å². The predicted molar refractivity (Wildman–Crippen MR) is 103 cm³/mol. The van der Waals surface area contributed by atoms with Gasteiger partial charge in [0.15, 0.2) is 11.1 Å². The minimum atomic E-state index is -1.19. The molecule has 4 aromatic rings. The number of nitrogens with one attached hydrogen (secondary N) is 2. The van der Waals surface area contributed by atoms with E-state index in [4.69, 9.17) is 8.83 Å². The average Bonchev–Trinajstić information content (AvgIpc) is 2.72. The van der Waals surface area contributed by atoms with E-state index in [1.54, 1.807) is 24.3 Å². The molecule has 0 fully saturated rings. The second-order valence-electron chi connectivity index (χ2n) is 6.13. The second-order valence-corrected chi connectivity index (χ2v) is 6.13. The summed E-state index contributed by atoms with van der Waals surface area (Å²) >= 11 is 0. The molecule has 2 aromatic carbocycles. The zero-order valence-electron chi connectivity index (χ0n) is 15.0. The molecule has 4 N–H and O–H groups in total. The third-order valence-corrected chi connectivity index (χ3v) is 4.32. The van der Waals surface area contributed by atoms with Crippen molar-refractivity contribution in [3.63, 3.8) is 0 Å². The Bertz CT molecular complexity index is 1340. The van der Waals surface area contributed by atoms with Crippen LogP contribution in [0.25, 0.3) is 21.9 Å². The summed E-state index contributed by atoms with van der Waals surface area (Å²) in [6.45, 7) is 0. The Morgan fingerprint density at radius 2 is 1.03 bits per heavy atom. The molecule has 10 heteroatoms. The molecule has 0 spiro atoms. The normalized spacial score (nSPS) is 10.8. The lowest BCUT2D eigenvalue weighted by atomic mass is 10.1. The number of amides is 2. The summed E-state index contributed by atoms with van der Waals surface area (Å²) in [5.41, 5.74) is 0.170. The Hall–Kier alpha value is -4.60. The number of hydrazine groups is 1. The van der Waals surface area contributed by atoms with Crippen molar-refractivity contribution in [2.45, 2.75) is 0 Å². The van der Waals surface area contributed by atoms with Crippen molar-refractivity contribution in [1.82, 2.24) is 10.9 Å². The maximum Gasteiger partial charge on any atom is 0.353 e. The fourth-order valence-corrected chi connectivity index (χ4v) is 2.91. The van der Waals surface area contributed by atoms with E-state index in [0.29, 0.717) is 0 Å². The quantitative estimate of drug-likeness (QED) is 0.286. The summed E-state index contributed by atoms with van der Waals surface area (Å²) in [6.07, 6.45) is 0. The summed E-state index contributed by atoms with van der Waals surface area (Å²) < 4.78 is 9.96. The second kappa shape index (κ2) is 7.09. The van der Waals surface area contributed by atoms with Crippen molar-refractivity contribution in [1.29, 1.82) is 0 Å². The summed E-state index contributed by atoms with van der Waals surface area (Å²) in [4.78, 5) is 48.8. The highest BCUT2D eigenvalue weighted by molar-refractivity contribution is 6.05. The fourth-order valence-electron chi connectivity index (χ4n) is 2.91. The van der Waals surface area contributed by atoms with E-state index < -0.39 is 45.7 Å². The number of carbonyl (C=O) groups excluding carboxylic acids is 2. The zero-order chi connectivity index (χ0) is 21.4. The van der Waals surface area contributed by atoms with Gasteiger partial charge in [0.1, 0.15) is 22.7 Å². The van der Waals surface area contributed by atoms with Crippen LogP contribution in [0.4, 0.5) is 0 Å². The van der Waals surface area contributed by atoms with Crippen LogP contribution in [-0.2, 0) is 0 Å². The number of rotatable bonds is 2. The summed E-state index contributed by atoms with van der Waals surface area (Å²) in [5.74, 6) is -3.65. The van der Waals surface area contributed by atoms with Crippen LogP contribution in [0, 0.1) is 0 Å². The van der Waals surface area contributed by atoms with E-state index in [1.807, 2.05) is 10.9 Å². The van der Waals surface area contributed by atoms with Crippen molar-refractivity contribution in [3.8, 4) is 11.5 Å². The number of para-hydroxylation sites is 2. The number of fused-ring (bicyclic) bond motifs is 2. The van der Waals surface area contributed by atoms with Gasteiger partial charge in [-0.05, 0) is 24.3 Å². The molecule has 0 saturated heterocycles. The minimum absolute atomic E-state index is 0.0688. The topological polar surface area (TPSA) is 159 Å². The van der Waals surface area contributed by atoms with Crippen LogP contribution in [0.5, 0.6) is 11.5 Å². The van der Waals surface area contributed by atoms with E-state index in [2.05, 4.69) is 0 Å². The van der Waals surface area contributed by atoms with E-state index in [-0.39, 0.29) is 21.9 Å². The predicted octanol–water partition coefficient (Wildman–Crippen LogP) is 1.39. The third kappa shape index (κ3) is 3.02. The molecule has 4 rings (SSSR count). The number of hydrogen-bond donors (Lipinski definition) is 4. The van der Waals surface area contributed by atoms with Crippen molar-refractivity contribution in [2.75, 3.05) is 0 Å². The van der Waals surface area contributed by atoms with Gasteiger partial charge in [0.25, 0.3) is 11.8 Å². The molecule has 0 bridgehead atoms. The Labute approximate surface area is 165 Å². The monoisotopic (exact) mass is 408 g/mol. The van der Waals surface area contributed by atoms with Gasteiger partial charge in [-0.3, -0.25) is 20.4 Å². The van der Waals surface area contributed by atoms with Gasteiger partial charge in [0.2, 0.25) is 0 Å². The molecule has 0 aliphatic heterocycles. The fraction of sp³-hybridized carbons (Fsp3) is 0. The van der Waals surface area contributed by atoms with Crippen LogP contribution >= 0.6 is 0 Å². The summed E-state index contributed by atoms with van der Waals surface area (Å²) in [7, 11) is 0. The van der Waals surface area contributed by atoms with Gasteiger partial charge in [0, 0.05) is 0 Å².